The average Bonchev–Trinajstić information content (AvgIpc) is 2.62. The first-order valence-corrected chi connectivity index (χ1v) is 5.86. The molecule has 0 spiro atoms. The predicted molar refractivity (Wildman–Crippen MR) is 68.8 cm³/mol. The molecule has 5 nitrogen and oxygen atoms in total. The molecule has 2 N–H and O–H groups in total. The lowest BCUT2D eigenvalue weighted by atomic mass is 10.1. The van der Waals surface area contributed by atoms with E-state index in [9.17, 15) is 9.59 Å². The van der Waals surface area contributed by atoms with Crippen molar-refractivity contribution in [3.8, 4) is 0 Å². The number of nitrogens with two attached hydrogens (primary N) is 1. The molecule has 5 heteroatoms. The molecule has 0 fully saturated rings. The van der Waals surface area contributed by atoms with Crippen LogP contribution < -0.4 is 11.5 Å². The SMILES string of the molecule is CC(N)C(=O)c1ccc2c(c1)oc(=O)n2C(C)C. The molecule has 18 heavy (non-hydrogen) atoms. The molecule has 2 rings (SSSR count). The van der Waals surface area contributed by atoms with E-state index in [-0.39, 0.29) is 11.8 Å². The number of benzene rings is 1. The number of ketones is 1. The van der Waals surface area contributed by atoms with Crippen molar-refractivity contribution in [1.82, 2.24) is 4.57 Å². The topological polar surface area (TPSA) is 78.2 Å². The summed E-state index contributed by atoms with van der Waals surface area (Å²) in [5, 5.41) is 0. The van der Waals surface area contributed by atoms with Gasteiger partial charge in [-0.15, -0.1) is 0 Å². The molecule has 0 aliphatic heterocycles. The van der Waals surface area contributed by atoms with Crippen LogP contribution >= 0.6 is 0 Å². The Morgan fingerprint density at radius 3 is 2.56 bits per heavy atom. The molecule has 1 heterocycles. The Kier molecular flexibility index (Phi) is 3.09. The number of nitrogens with zero attached hydrogens (tertiary/aromatic N) is 1. The van der Waals surface area contributed by atoms with Gasteiger partial charge in [-0.2, -0.15) is 0 Å². The predicted octanol–water partition coefficient (Wildman–Crippen LogP) is 1.71. The molecule has 0 amide bonds. The maximum Gasteiger partial charge on any atom is 0.420 e. The Balaban J connectivity index is 2.62. The van der Waals surface area contributed by atoms with Gasteiger partial charge >= 0.3 is 5.76 Å². The highest BCUT2D eigenvalue weighted by Crippen LogP contribution is 2.19. The third-order valence-electron chi connectivity index (χ3n) is 2.83. The molecule has 0 aliphatic rings. The van der Waals surface area contributed by atoms with Gasteiger partial charge in [0, 0.05) is 11.6 Å². The molecule has 0 bridgehead atoms. The maximum absolute atomic E-state index is 11.8. The summed E-state index contributed by atoms with van der Waals surface area (Å²) in [5.41, 5.74) is 7.12. The van der Waals surface area contributed by atoms with Crippen molar-refractivity contribution in [2.24, 2.45) is 5.73 Å². The molecule has 1 aromatic heterocycles. The number of oxazole rings is 1. The van der Waals surface area contributed by atoms with Crippen molar-refractivity contribution in [2.45, 2.75) is 32.9 Å². The van der Waals surface area contributed by atoms with Gasteiger partial charge in [0.1, 0.15) is 0 Å². The minimum atomic E-state index is -0.568. The monoisotopic (exact) mass is 248 g/mol. The highest BCUT2D eigenvalue weighted by atomic mass is 16.4. The molecule has 96 valence electrons. The number of hydrogen-bond acceptors (Lipinski definition) is 4. The Hall–Kier alpha value is -1.88. The van der Waals surface area contributed by atoms with Crippen LogP contribution in [0.25, 0.3) is 11.1 Å². The normalized spacial score (nSPS) is 13.2. The minimum absolute atomic E-state index is 0.00809. The molecular weight excluding hydrogens is 232 g/mol. The highest BCUT2D eigenvalue weighted by Gasteiger charge is 2.16. The molecule has 0 radical (unpaired) electrons. The maximum atomic E-state index is 11.8. The first-order chi connectivity index (χ1) is 8.41. The second-order valence-electron chi connectivity index (χ2n) is 4.67. The Bertz CT molecular complexity index is 650. The number of carbonyl (C=O) groups is 1. The van der Waals surface area contributed by atoms with E-state index in [1.54, 1.807) is 29.7 Å². The Morgan fingerprint density at radius 2 is 2.00 bits per heavy atom. The first-order valence-electron chi connectivity index (χ1n) is 5.86. The largest absolute Gasteiger partial charge is 0.420 e. The number of carbonyl (C=O) groups excluding carboxylic acids is 1. The van der Waals surface area contributed by atoms with Crippen LogP contribution in [0.5, 0.6) is 0 Å². The van der Waals surface area contributed by atoms with Gasteiger partial charge in [-0.1, -0.05) is 0 Å². The van der Waals surface area contributed by atoms with Crippen LogP contribution in [0, 0.1) is 0 Å². The summed E-state index contributed by atoms with van der Waals surface area (Å²) in [6.45, 7) is 5.43. The fourth-order valence-corrected chi connectivity index (χ4v) is 1.94. The number of rotatable bonds is 3. The van der Waals surface area contributed by atoms with Crippen molar-refractivity contribution in [3.05, 3.63) is 34.3 Å². The van der Waals surface area contributed by atoms with Gasteiger partial charge in [0.15, 0.2) is 11.4 Å². The zero-order valence-electron chi connectivity index (χ0n) is 10.6. The zero-order valence-corrected chi connectivity index (χ0v) is 10.6. The van der Waals surface area contributed by atoms with E-state index in [4.69, 9.17) is 10.2 Å². The third kappa shape index (κ3) is 1.97. The van der Waals surface area contributed by atoms with E-state index < -0.39 is 11.8 Å². The summed E-state index contributed by atoms with van der Waals surface area (Å²) in [4.78, 5) is 23.4. The third-order valence-corrected chi connectivity index (χ3v) is 2.83. The molecule has 0 aliphatic carbocycles. The summed E-state index contributed by atoms with van der Waals surface area (Å²) in [5.74, 6) is -0.581. The zero-order chi connectivity index (χ0) is 13.4. The van der Waals surface area contributed by atoms with Crippen LogP contribution in [0.2, 0.25) is 0 Å². The van der Waals surface area contributed by atoms with Crippen molar-refractivity contribution in [3.63, 3.8) is 0 Å². The van der Waals surface area contributed by atoms with E-state index in [0.717, 1.165) is 0 Å². The fraction of sp³-hybridized carbons (Fsp3) is 0.385. The lowest BCUT2D eigenvalue weighted by Gasteiger charge is -2.06. The van der Waals surface area contributed by atoms with Gasteiger partial charge in [-0.05, 0) is 39.0 Å². The number of hydrogen-bond donors (Lipinski definition) is 1. The second kappa shape index (κ2) is 4.42. The fourth-order valence-electron chi connectivity index (χ4n) is 1.94. The lowest BCUT2D eigenvalue weighted by Crippen LogP contribution is -2.26. The number of aromatic nitrogens is 1. The van der Waals surface area contributed by atoms with Crippen LogP contribution in [0.3, 0.4) is 0 Å². The molecule has 1 aromatic carbocycles. The first kappa shape index (κ1) is 12.6. The quantitative estimate of drug-likeness (QED) is 0.838. The van der Waals surface area contributed by atoms with Gasteiger partial charge in [0.25, 0.3) is 0 Å². The minimum Gasteiger partial charge on any atom is -0.408 e. The summed E-state index contributed by atoms with van der Waals surface area (Å²) < 4.78 is 6.70. The number of Topliss-reactive ketones (excluding diaryl/α,β-unsaturated/α-hetero) is 1. The van der Waals surface area contributed by atoms with Gasteiger partial charge in [0.05, 0.1) is 11.6 Å². The lowest BCUT2D eigenvalue weighted by molar-refractivity contribution is 0.0968. The number of fused-ring (bicyclic) bond motifs is 1. The van der Waals surface area contributed by atoms with Crippen LogP contribution in [0.4, 0.5) is 0 Å². The van der Waals surface area contributed by atoms with E-state index in [0.29, 0.717) is 16.7 Å². The van der Waals surface area contributed by atoms with Gasteiger partial charge in [-0.25, -0.2) is 4.79 Å². The Labute approximate surface area is 104 Å². The van der Waals surface area contributed by atoms with Gasteiger partial charge < -0.3 is 10.2 Å². The molecule has 1 atom stereocenters. The Morgan fingerprint density at radius 1 is 1.33 bits per heavy atom. The summed E-state index contributed by atoms with van der Waals surface area (Å²) in [6, 6.07) is 4.40. The van der Waals surface area contributed by atoms with Crippen molar-refractivity contribution in [2.75, 3.05) is 0 Å². The van der Waals surface area contributed by atoms with Crippen molar-refractivity contribution >= 4 is 16.9 Å². The van der Waals surface area contributed by atoms with E-state index >= 15 is 0 Å². The van der Waals surface area contributed by atoms with Crippen molar-refractivity contribution < 1.29 is 9.21 Å². The molecular formula is C13H16N2O3. The van der Waals surface area contributed by atoms with Gasteiger partial charge in [0.2, 0.25) is 0 Å². The summed E-state index contributed by atoms with van der Waals surface area (Å²) in [7, 11) is 0. The average molecular weight is 248 g/mol. The van der Waals surface area contributed by atoms with E-state index in [1.165, 1.54) is 0 Å². The smallest absolute Gasteiger partial charge is 0.408 e. The van der Waals surface area contributed by atoms with Crippen molar-refractivity contribution in [1.29, 1.82) is 0 Å². The van der Waals surface area contributed by atoms with Crippen LogP contribution in [0.1, 0.15) is 37.2 Å². The molecule has 0 saturated heterocycles. The molecule has 2 aromatic rings. The van der Waals surface area contributed by atoms with Crippen LogP contribution in [-0.4, -0.2) is 16.4 Å². The van der Waals surface area contributed by atoms with Gasteiger partial charge in [-0.3, -0.25) is 9.36 Å². The second-order valence-corrected chi connectivity index (χ2v) is 4.67. The van der Waals surface area contributed by atoms with E-state index in [2.05, 4.69) is 0 Å². The van der Waals surface area contributed by atoms with Crippen LogP contribution in [-0.2, 0) is 0 Å². The molecule has 1 unspecified atom stereocenters. The standard InChI is InChI=1S/C13H16N2O3/c1-7(2)15-10-5-4-9(12(16)8(3)14)6-11(10)18-13(15)17/h4-8H,14H2,1-3H3. The summed E-state index contributed by atoms with van der Waals surface area (Å²) in [6.07, 6.45) is 0. The van der Waals surface area contributed by atoms with E-state index in [1.807, 2.05) is 13.8 Å². The summed E-state index contributed by atoms with van der Waals surface area (Å²) >= 11 is 0. The highest BCUT2D eigenvalue weighted by molar-refractivity contribution is 6.01. The van der Waals surface area contributed by atoms with Crippen LogP contribution in [0.15, 0.2) is 27.4 Å². The molecule has 0 saturated carbocycles.